The van der Waals surface area contributed by atoms with E-state index >= 15 is 0 Å². The quantitative estimate of drug-likeness (QED) is 0.749. The monoisotopic (exact) mass is 316 g/mol. The Kier molecular flexibility index (Phi) is 3.77. The van der Waals surface area contributed by atoms with Gasteiger partial charge in [-0.1, -0.05) is 24.6 Å². The molecule has 0 aromatic rings. The summed E-state index contributed by atoms with van der Waals surface area (Å²) >= 11 is 0. The van der Waals surface area contributed by atoms with Gasteiger partial charge in [0.05, 0.1) is 11.7 Å². The molecule has 3 fully saturated rings. The van der Waals surface area contributed by atoms with Gasteiger partial charge in [0.2, 0.25) is 0 Å². The molecule has 0 aromatic heterocycles. The molecule has 0 saturated heterocycles. The van der Waals surface area contributed by atoms with E-state index in [-0.39, 0.29) is 11.5 Å². The van der Waals surface area contributed by atoms with E-state index in [4.69, 9.17) is 0 Å². The third-order valence-corrected chi connectivity index (χ3v) is 8.04. The number of hydrogen-bond donors (Lipinski definition) is 2. The van der Waals surface area contributed by atoms with Gasteiger partial charge in [-0.2, -0.15) is 0 Å². The molecule has 0 amide bonds. The Balaban J connectivity index is 1.58. The van der Waals surface area contributed by atoms with E-state index in [0.717, 1.165) is 43.4 Å². The molecule has 7 atom stereocenters. The molecule has 3 saturated carbocycles. The zero-order valence-corrected chi connectivity index (χ0v) is 14.5. The van der Waals surface area contributed by atoms with Crippen LogP contribution in [0.3, 0.4) is 0 Å². The second kappa shape index (κ2) is 5.46. The Hall–Kier alpha value is -0.600. The molecule has 0 bridgehead atoms. The van der Waals surface area contributed by atoms with E-state index in [2.05, 4.69) is 19.6 Å². The lowest BCUT2D eigenvalue weighted by atomic mass is 9.51. The fourth-order valence-corrected chi connectivity index (χ4v) is 6.81. The van der Waals surface area contributed by atoms with Crippen LogP contribution in [0.4, 0.5) is 0 Å². The van der Waals surface area contributed by atoms with Crippen molar-refractivity contribution in [2.75, 3.05) is 0 Å². The number of rotatable bonds is 2. The van der Waals surface area contributed by atoms with Crippen molar-refractivity contribution in [3.63, 3.8) is 0 Å². The van der Waals surface area contributed by atoms with Crippen molar-refractivity contribution in [1.82, 2.24) is 0 Å². The smallest absolute Gasteiger partial charge is 0.0864 e. The SMILES string of the molecule is C=CC[C@@]1(O)C=C2CC[C@@H]3[C@H](CC[C@]4(C)[C@@H](O)CC[C@@H]34)[C@H]2CC1. The molecule has 4 aliphatic carbocycles. The predicted octanol–water partition coefficient (Wildman–Crippen LogP) is 4.23. The summed E-state index contributed by atoms with van der Waals surface area (Å²) in [5.41, 5.74) is 1.08. The van der Waals surface area contributed by atoms with Crippen LogP contribution in [0.1, 0.15) is 64.7 Å². The van der Waals surface area contributed by atoms with Gasteiger partial charge in [-0.3, -0.25) is 0 Å². The molecule has 4 rings (SSSR count). The number of fused-ring (bicyclic) bond motifs is 5. The third kappa shape index (κ3) is 2.36. The van der Waals surface area contributed by atoms with Gasteiger partial charge in [-0.15, -0.1) is 6.58 Å². The summed E-state index contributed by atoms with van der Waals surface area (Å²) in [5.74, 6) is 3.03. The normalized spacial score (nSPS) is 52.1. The van der Waals surface area contributed by atoms with Gasteiger partial charge in [-0.25, -0.2) is 0 Å². The highest BCUT2D eigenvalue weighted by atomic mass is 16.3. The lowest BCUT2D eigenvalue weighted by molar-refractivity contribution is -0.0578. The van der Waals surface area contributed by atoms with Crippen LogP contribution in [0.15, 0.2) is 24.3 Å². The lowest BCUT2D eigenvalue weighted by Gasteiger charge is -2.54. The van der Waals surface area contributed by atoms with Crippen LogP contribution in [-0.2, 0) is 0 Å². The molecule has 4 aliphatic rings. The summed E-state index contributed by atoms with van der Waals surface area (Å²) in [4.78, 5) is 0. The number of allylic oxidation sites excluding steroid dienone is 1. The number of hydrogen-bond acceptors (Lipinski definition) is 2. The minimum Gasteiger partial charge on any atom is -0.393 e. The van der Waals surface area contributed by atoms with Crippen LogP contribution in [0.2, 0.25) is 0 Å². The zero-order chi connectivity index (χ0) is 16.2. The van der Waals surface area contributed by atoms with Crippen LogP contribution in [0, 0.1) is 29.1 Å². The summed E-state index contributed by atoms with van der Waals surface area (Å²) in [7, 11) is 0. The molecule has 23 heavy (non-hydrogen) atoms. The molecule has 0 aliphatic heterocycles. The van der Waals surface area contributed by atoms with Crippen LogP contribution >= 0.6 is 0 Å². The maximum atomic E-state index is 10.8. The summed E-state index contributed by atoms with van der Waals surface area (Å²) in [6.07, 6.45) is 13.8. The largest absolute Gasteiger partial charge is 0.393 e. The molecule has 2 N–H and O–H groups in total. The number of aliphatic hydroxyl groups excluding tert-OH is 1. The van der Waals surface area contributed by atoms with E-state index in [1.165, 1.54) is 31.3 Å². The maximum absolute atomic E-state index is 10.8. The Morgan fingerprint density at radius 3 is 2.78 bits per heavy atom. The summed E-state index contributed by atoms with van der Waals surface area (Å²) in [6, 6.07) is 0. The van der Waals surface area contributed by atoms with Crippen molar-refractivity contribution in [3.05, 3.63) is 24.3 Å². The molecule has 2 nitrogen and oxygen atoms in total. The average Bonchev–Trinajstić information content (AvgIpc) is 2.82. The van der Waals surface area contributed by atoms with E-state index in [0.29, 0.717) is 12.3 Å². The minimum absolute atomic E-state index is 0.0746. The zero-order valence-electron chi connectivity index (χ0n) is 14.5. The van der Waals surface area contributed by atoms with E-state index in [1.807, 2.05) is 6.08 Å². The average molecular weight is 316 g/mol. The molecule has 0 aromatic carbocycles. The van der Waals surface area contributed by atoms with E-state index in [1.54, 1.807) is 0 Å². The van der Waals surface area contributed by atoms with Gasteiger partial charge in [-0.05, 0) is 86.9 Å². The predicted molar refractivity (Wildman–Crippen MR) is 92.9 cm³/mol. The van der Waals surface area contributed by atoms with Gasteiger partial charge >= 0.3 is 0 Å². The highest BCUT2D eigenvalue weighted by molar-refractivity contribution is 5.24. The molecular formula is C21H32O2. The first-order valence-corrected chi connectivity index (χ1v) is 9.70. The molecule has 2 heteroatoms. The van der Waals surface area contributed by atoms with Gasteiger partial charge in [0.1, 0.15) is 0 Å². The van der Waals surface area contributed by atoms with E-state index < -0.39 is 5.60 Å². The first kappa shape index (κ1) is 15.9. The van der Waals surface area contributed by atoms with Crippen molar-refractivity contribution in [1.29, 1.82) is 0 Å². The first-order valence-electron chi connectivity index (χ1n) is 9.70. The summed E-state index contributed by atoms with van der Waals surface area (Å²) in [5, 5.41) is 21.2. The Bertz CT molecular complexity index is 524. The summed E-state index contributed by atoms with van der Waals surface area (Å²) < 4.78 is 0. The van der Waals surface area contributed by atoms with Crippen LogP contribution < -0.4 is 0 Å². The summed E-state index contributed by atoms with van der Waals surface area (Å²) in [6.45, 7) is 6.16. The van der Waals surface area contributed by atoms with Gasteiger partial charge in [0, 0.05) is 0 Å². The highest BCUT2D eigenvalue weighted by Gasteiger charge is 2.56. The maximum Gasteiger partial charge on any atom is 0.0864 e. The minimum atomic E-state index is -0.632. The van der Waals surface area contributed by atoms with Crippen molar-refractivity contribution >= 4 is 0 Å². The molecular weight excluding hydrogens is 284 g/mol. The van der Waals surface area contributed by atoms with E-state index in [9.17, 15) is 10.2 Å². The Morgan fingerprint density at radius 1 is 1.17 bits per heavy atom. The van der Waals surface area contributed by atoms with Crippen LogP contribution in [-0.4, -0.2) is 21.9 Å². The van der Waals surface area contributed by atoms with Crippen molar-refractivity contribution in [2.24, 2.45) is 29.1 Å². The Labute approximate surface area is 140 Å². The second-order valence-corrected chi connectivity index (χ2v) is 9.07. The number of aliphatic hydroxyl groups is 2. The van der Waals surface area contributed by atoms with Gasteiger partial charge in [0.25, 0.3) is 0 Å². The molecule has 0 radical (unpaired) electrons. The van der Waals surface area contributed by atoms with Crippen molar-refractivity contribution in [3.8, 4) is 0 Å². The van der Waals surface area contributed by atoms with Crippen molar-refractivity contribution < 1.29 is 10.2 Å². The first-order chi connectivity index (χ1) is 11.0. The molecule has 0 heterocycles. The van der Waals surface area contributed by atoms with Gasteiger partial charge in [0.15, 0.2) is 0 Å². The van der Waals surface area contributed by atoms with Crippen LogP contribution in [0.25, 0.3) is 0 Å². The Morgan fingerprint density at radius 2 is 2.00 bits per heavy atom. The highest BCUT2D eigenvalue weighted by Crippen LogP contribution is 2.62. The molecule has 0 spiro atoms. The fourth-order valence-electron chi connectivity index (χ4n) is 6.81. The lowest BCUT2D eigenvalue weighted by Crippen LogP contribution is -2.48. The third-order valence-electron chi connectivity index (χ3n) is 8.04. The van der Waals surface area contributed by atoms with Gasteiger partial charge < -0.3 is 10.2 Å². The second-order valence-electron chi connectivity index (χ2n) is 9.07. The molecule has 0 unspecified atom stereocenters. The standard InChI is InChI=1S/C21H32O2/c1-3-10-21(23)12-9-15-14(13-21)4-5-17-16(15)8-11-20(2)18(17)6-7-19(20)22/h3,13,15-19,22-23H,1,4-12H2,2H3/t15-,16+,17+,18-,19-,20-,21-/m0/s1. The topological polar surface area (TPSA) is 40.5 Å². The molecule has 128 valence electrons. The van der Waals surface area contributed by atoms with Crippen LogP contribution in [0.5, 0.6) is 0 Å². The fraction of sp³-hybridized carbons (Fsp3) is 0.810. The van der Waals surface area contributed by atoms with Crippen molar-refractivity contribution in [2.45, 2.75) is 76.4 Å².